The van der Waals surface area contributed by atoms with Crippen LogP contribution in [-0.4, -0.2) is 36.7 Å². The van der Waals surface area contributed by atoms with Crippen LogP contribution in [0.1, 0.15) is 36.7 Å². The molecule has 0 atom stereocenters. The first kappa shape index (κ1) is 21.6. The van der Waals surface area contributed by atoms with Gasteiger partial charge >= 0.3 is 5.97 Å². The number of carbonyl (C=O) groups excluding carboxylic acids is 2. The van der Waals surface area contributed by atoms with E-state index in [9.17, 15) is 9.59 Å². The lowest BCUT2D eigenvalue weighted by molar-refractivity contribution is 0.0600. The molecule has 31 heavy (non-hydrogen) atoms. The number of benzene rings is 2. The van der Waals surface area contributed by atoms with Crippen molar-refractivity contribution >= 4 is 40.0 Å². The van der Waals surface area contributed by atoms with Gasteiger partial charge < -0.3 is 10.1 Å². The quantitative estimate of drug-likeness (QED) is 0.418. The number of amides is 1. The van der Waals surface area contributed by atoms with Crippen molar-refractivity contribution < 1.29 is 14.3 Å². The van der Waals surface area contributed by atoms with E-state index >= 15 is 0 Å². The van der Waals surface area contributed by atoms with E-state index in [0.717, 1.165) is 41.4 Å². The van der Waals surface area contributed by atoms with Crippen molar-refractivity contribution in [2.24, 2.45) is 0 Å². The predicted octanol–water partition coefficient (Wildman–Crippen LogP) is 5.07. The molecule has 7 heteroatoms. The molecule has 0 aliphatic carbocycles. The highest BCUT2D eigenvalue weighted by Gasteiger charge is 2.29. The predicted molar refractivity (Wildman–Crippen MR) is 126 cm³/mol. The van der Waals surface area contributed by atoms with Crippen molar-refractivity contribution in [2.45, 2.75) is 24.4 Å². The average molecular weight is 453 g/mol. The molecular weight excluding hydrogens is 428 g/mol. The number of nitrogens with one attached hydrogen (secondary N) is 1. The Morgan fingerprint density at radius 2 is 1.97 bits per heavy atom. The van der Waals surface area contributed by atoms with E-state index in [2.05, 4.69) is 22.3 Å². The van der Waals surface area contributed by atoms with Crippen LogP contribution in [0.3, 0.4) is 0 Å². The normalized spacial score (nSPS) is 13.5. The van der Waals surface area contributed by atoms with Crippen molar-refractivity contribution in [1.29, 1.82) is 0 Å². The minimum absolute atomic E-state index is 0.221. The molecule has 1 amide bonds. The van der Waals surface area contributed by atoms with E-state index in [-0.39, 0.29) is 5.91 Å². The van der Waals surface area contributed by atoms with Crippen LogP contribution in [0.15, 0.2) is 59.5 Å². The number of hydrogen-bond acceptors (Lipinski definition) is 6. The number of rotatable bonds is 6. The van der Waals surface area contributed by atoms with Gasteiger partial charge in [-0.05, 0) is 42.0 Å². The second-order valence-corrected chi connectivity index (χ2v) is 9.32. The van der Waals surface area contributed by atoms with Crippen LogP contribution in [-0.2, 0) is 24.2 Å². The molecule has 1 aliphatic rings. The van der Waals surface area contributed by atoms with Crippen molar-refractivity contribution in [3.05, 3.63) is 81.7 Å². The molecule has 0 radical (unpaired) electrons. The fourth-order valence-corrected chi connectivity index (χ4v) is 5.51. The summed E-state index contributed by atoms with van der Waals surface area (Å²) in [4.78, 5) is 29.9. The molecule has 0 saturated heterocycles. The zero-order chi connectivity index (χ0) is 21.8. The van der Waals surface area contributed by atoms with Gasteiger partial charge in [0.25, 0.3) is 5.91 Å². The molecular formula is C24H24N2O3S2. The summed E-state index contributed by atoms with van der Waals surface area (Å²) in [7, 11) is 1.38. The van der Waals surface area contributed by atoms with Gasteiger partial charge in [0.2, 0.25) is 0 Å². The molecule has 0 fully saturated rings. The van der Waals surface area contributed by atoms with Crippen LogP contribution in [0.4, 0.5) is 5.00 Å². The summed E-state index contributed by atoms with van der Waals surface area (Å²) in [6.45, 7) is 2.46. The summed E-state index contributed by atoms with van der Waals surface area (Å²) in [5.74, 6) is -0.622. The van der Waals surface area contributed by atoms with Gasteiger partial charge in [-0.15, -0.1) is 23.1 Å². The Balaban J connectivity index is 1.58. The summed E-state index contributed by atoms with van der Waals surface area (Å²) in [5.41, 5.74) is 3.32. The zero-order valence-electron chi connectivity index (χ0n) is 17.5. The fourth-order valence-electron chi connectivity index (χ4n) is 3.78. The molecule has 0 bridgehead atoms. The number of ether oxygens (including phenoxy) is 1. The van der Waals surface area contributed by atoms with E-state index < -0.39 is 5.97 Å². The van der Waals surface area contributed by atoms with E-state index in [4.69, 9.17) is 4.74 Å². The number of methoxy groups -OCH3 is 1. The smallest absolute Gasteiger partial charge is 0.341 e. The molecule has 160 valence electrons. The third-order valence-electron chi connectivity index (χ3n) is 5.33. The number of nitrogens with zero attached hydrogens (tertiary/aromatic N) is 1. The topological polar surface area (TPSA) is 58.6 Å². The first-order valence-electron chi connectivity index (χ1n) is 10.0. The van der Waals surface area contributed by atoms with Gasteiger partial charge in [0.05, 0.1) is 12.7 Å². The Labute approximate surface area is 190 Å². The third-order valence-corrected chi connectivity index (χ3v) is 7.19. The number of thiophene rings is 1. The molecule has 0 spiro atoms. The van der Waals surface area contributed by atoms with Crippen LogP contribution < -0.4 is 5.32 Å². The Hall–Kier alpha value is -2.61. The standard InChI is InChI=1S/C24H24N2O3S2/c1-29-24(28)21-19-11-12-26(14-16-7-4-3-5-8-16)15-20(19)31-23(21)25-22(27)17-9-6-10-18(13-17)30-2/h3-10,13H,11-12,14-15H2,1-2H3,(H,25,27). The molecule has 1 N–H and O–H groups in total. The highest BCUT2D eigenvalue weighted by Crippen LogP contribution is 2.38. The second-order valence-electron chi connectivity index (χ2n) is 7.33. The summed E-state index contributed by atoms with van der Waals surface area (Å²) in [6, 6.07) is 17.8. The molecule has 3 aromatic rings. The number of hydrogen-bond donors (Lipinski definition) is 1. The molecule has 0 saturated carbocycles. The largest absolute Gasteiger partial charge is 0.465 e. The summed E-state index contributed by atoms with van der Waals surface area (Å²) in [6.07, 6.45) is 2.72. The van der Waals surface area contributed by atoms with E-state index in [1.807, 2.05) is 42.7 Å². The summed E-state index contributed by atoms with van der Waals surface area (Å²) >= 11 is 3.06. The zero-order valence-corrected chi connectivity index (χ0v) is 19.1. The maximum absolute atomic E-state index is 12.9. The minimum Gasteiger partial charge on any atom is -0.465 e. The van der Waals surface area contributed by atoms with Gasteiger partial charge in [0.1, 0.15) is 5.00 Å². The number of esters is 1. The molecule has 2 aromatic carbocycles. The van der Waals surface area contributed by atoms with Gasteiger partial charge in [-0.1, -0.05) is 36.4 Å². The third kappa shape index (κ3) is 4.84. The SMILES string of the molecule is COC(=O)c1c(NC(=O)c2cccc(SC)c2)sc2c1CCN(Cc1ccccc1)C2. The summed E-state index contributed by atoms with van der Waals surface area (Å²) in [5, 5.41) is 3.53. The van der Waals surface area contributed by atoms with Crippen LogP contribution >= 0.6 is 23.1 Å². The lowest BCUT2D eigenvalue weighted by atomic mass is 10.0. The minimum atomic E-state index is -0.401. The second kappa shape index (κ2) is 9.68. The molecule has 5 nitrogen and oxygen atoms in total. The van der Waals surface area contributed by atoms with Crippen molar-refractivity contribution in [2.75, 3.05) is 25.2 Å². The van der Waals surface area contributed by atoms with Crippen molar-refractivity contribution in [3.63, 3.8) is 0 Å². The maximum Gasteiger partial charge on any atom is 0.341 e. The van der Waals surface area contributed by atoms with E-state index in [1.165, 1.54) is 24.0 Å². The highest BCUT2D eigenvalue weighted by atomic mass is 32.2. The van der Waals surface area contributed by atoms with Gasteiger partial charge in [0.15, 0.2) is 0 Å². The maximum atomic E-state index is 12.9. The Morgan fingerprint density at radius 3 is 2.71 bits per heavy atom. The van der Waals surface area contributed by atoms with Gasteiger partial charge in [0, 0.05) is 35.0 Å². The van der Waals surface area contributed by atoms with Gasteiger partial charge in [-0.3, -0.25) is 9.69 Å². The Morgan fingerprint density at radius 1 is 1.16 bits per heavy atom. The Kier molecular flexibility index (Phi) is 6.75. The number of fused-ring (bicyclic) bond motifs is 1. The first-order valence-corrected chi connectivity index (χ1v) is 12.1. The molecule has 4 rings (SSSR count). The lowest BCUT2D eigenvalue weighted by Gasteiger charge is -2.27. The van der Waals surface area contributed by atoms with E-state index in [1.54, 1.807) is 17.8 Å². The van der Waals surface area contributed by atoms with Crippen molar-refractivity contribution in [1.82, 2.24) is 4.90 Å². The molecule has 0 unspecified atom stereocenters. The van der Waals surface area contributed by atoms with E-state index in [0.29, 0.717) is 16.1 Å². The number of carbonyl (C=O) groups is 2. The summed E-state index contributed by atoms with van der Waals surface area (Å²) < 4.78 is 5.05. The van der Waals surface area contributed by atoms with Crippen LogP contribution in [0.5, 0.6) is 0 Å². The number of thioether (sulfide) groups is 1. The fraction of sp³-hybridized carbons (Fsp3) is 0.250. The first-order chi connectivity index (χ1) is 15.1. The van der Waals surface area contributed by atoms with Crippen molar-refractivity contribution in [3.8, 4) is 0 Å². The van der Waals surface area contributed by atoms with Crippen LogP contribution in [0.2, 0.25) is 0 Å². The number of anilines is 1. The lowest BCUT2D eigenvalue weighted by Crippen LogP contribution is -2.29. The highest BCUT2D eigenvalue weighted by molar-refractivity contribution is 7.98. The van der Waals surface area contributed by atoms with Gasteiger partial charge in [-0.25, -0.2) is 4.79 Å². The molecule has 2 heterocycles. The van der Waals surface area contributed by atoms with Crippen LogP contribution in [0, 0.1) is 0 Å². The van der Waals surface area contributed by atoms with Gasteiger partial charge in [-0.2, -0.15) is 0 Å². The van der Waals surface area contributed by atoms with Crippen LogP contribution in [0.25, 0.3) is 0 Å². The molecule has 1 aromatic heterocycles. The Bertz CT molecular complexity index is 1100. The molecule has 1 aliphatic heterocycles. The average Bonchev–Trinajstić information content (AvgIpc) is 3.16. The monoisotopic (exact) mass is 452 g/mol.